The first-order valence-corrected chi connectivity index (χ1v) is 10.3. The molecule has 0 bridgehead atoms. The second-order valence-electron chi connectivity index (χ2n) is 5.74. The molecule has 1 aliphatic heterocycles. The number of benzene rings is 3. The maximum Gasteiger partial charge on any atom is 0.268 e. The molecule has 3 aromatic carbocycles. The van der Waals surface area contributed by atoms with Crippen molar-refractivity contribution >= 4 is 44.8 Å². The van der Waals surface area contributed by atoms with Crippen molar-refractivity contribution in [2.45, 2.75) is 21.6 Å². The Morgan fingerprint density at radius 2 is 1.56 bits per heavy atom. The van der Waals surface area contributed by atoms with Crippen molar-refractivity contribution in [2.75, 3.05) is 4.31 Å². The maximum absolute atomic E-state index is 13.4. The van der Waals surface area contributed by atoms with Gasteiger partial charge < -0.3 is 0 Å². The van der Waals surface area contributed by atoms with E-state index in [1.54, 1.807) is 36.4 Å². The van der Waals surface area contributed by atoms with Crippen molar-refractivity contribution in [3.63, 3.8) is 0 Å². The predicted molar refractivity (Wildman–Crippen MR) is 103 cm³/mol. The Hall–Kier alpha value is -1.95. The molecule has 6 heteroatoms. The second-order valence-corrected chi connectivity index (χ2v) is 9.02. The van der Waals surface area contributed by atoms with Gasteiger partial charge in [-0.05, 0) is 43.3 Å². The van der Waals surface area contributed by atoms with E-state index < -0.39 is 10.0 Å². The monoisotopic (exact) mass is 387 g/mol. The molecule has 0 atom stereocenters. The quantitative estimate of drug-likeness (QED) is 0.571. The van der Waals surface area contributed by atoms with E-state index in [4.69, 9.17) is 11.6 Å². The van der Waals surface area contributed by atoms with Crippen molar-refractivity contribution in [3.8, 4) is 0 Å². The Bertz CT molecular complexity index is 1060. The molecule has 25 heavy (non-hydrogen) atoms. The fraction of sp³-hybridized carbons (Fsp3) is 0.0526. The Balaban J connectivity index is 1.99. The average Bonchev–Trinajstić information content (AvgIpc) is 2.60. The lowest BCUT2D eigenvalue weighted by Crippen LogP contribution is -2.29. The largest absolute Gasteiger partial charge is 0.268 e. The van der Waals surface area contributed by atoms with Crippen LogP contribution in [0.25, 0.3) is 0 Å². The highest BCUT2D eigenvalue weighted by Crippen LogP contribution is 2.52. The SMILES string of the molecule is Cc1ccc(S(=O)(=O)N2c3ccccc3Sc3cccc(Cl)c32)cc1. The molecule has 126 valence electrons. The molecule has 1 heterocycles. The first-order chi connectivity index (χ1) is 12.0. The van der Waals surface area contributed by atoms with Crippen LogP contribution in [0.1, 0.15) is 5.56 Å². The van der Waals surface area contributed by atoms with Gasteiger partial charge in [-0.3, -0.25) is 0 Å². The van der Waals surface area contributed by atoms with Gasteiger partial charge in [0.05, 0.1) is 21.3 Å². The van der Waals surface area contributed by atoms with Gasteiger partial charge in [-0.25, -0.2) is 12.7 Å². The Kier molecular flexibility index (Phi) is 4.02. The normalized spacial score (nSPS) is 13.3. The van der Waals surface area contributed by atoms with Crippen LogP contribution in [-0.4, -0.2) is 8.42 Å². The van der Waals surface area contributed by atoms with E-state index in [1.807, 2.05) is 37.3 Å². The third-order valence-electron chi connectivity index (χ3n) is 4.02. The molecule has 3 nitrogen and oxygen atoms in total. The van der Waals surface area contributed by atoms with Crippen LogP contribution in [-0.2, 0) is 10.0 Å². The summed E-state index contributed by atoms with van der Waals surface area (Å²) in [6.07, 6.45) is 0. The van der Waals surface area contributed by atoms with Crippen LogP contribution in [0.5, 0.6) is 0 Å². The number of rotatable bonds is 2. The number of anilines is 2. The lowest BCUT2D eigenvalue weighted by molar-refractivity contribution is 0.595. The number of hydrogen-bond donors (Lipinski definition) is 0. The number of fused-ring (bicyclic) bond motifs is 2. The van der Waals surface area contributed by atoms with Crippen LogP contribution in [0.15, 0.2) is 81.4 Å². The fourth-order valence-corrected chi connectivity index (χ4v) is 5.91. The Morgan fingerprint density at radius 1 is 0.880 bits per heavy atom. The minimum absolute atomic E-state index is 0.241. The van der Waals surface area contributed by atoms with E-state index in [9.17, 15) is 8.42 Å². The van der Waals surface area contributed by atoms with Crippen LogP contribution in [0, 0.1) is 6.92 Å². The van der Waals surface area contributed by atoms with Gasteiger partial charge in [0, 0.05) is 9.79 Å². The molecular formula is C19H14ClNO2S2. The molecular weight excluding hydrogens is 374 g/mol. The predicted octanol–water partition coefficient (Wildman–Crippen LogP) is 5.64. The summed E-state index contributed by atoms with van der Waals surface area (Å²) in [6.45, 7) is 1.93. The summed E-state index contributed by atoms with van der Waals surface area (Å²) < 4.78 is 28.2. The van der Waals surface area contributed by atoms with E-state index in [2.05, 4.69) is 0 Å². The number of sulfonamides is 1. The van der Waals surface area contributed by atoms with Crippen molar-refractivity contribution in [1.29, 1.82) is 0 Å². The van der Waals surface area contributed by atoms with Crippen LogP contribution in [0.3, 0.4) is 0 Å². The highest BCUT2D eigenvalue weighted by atomic mass is 35.5. The number of hydrogen-bond acceptors (Lipinski definition) is 3. The van der Waals surface area contributed by atoms with E-state index >= 15 is 0 Å². The molecule has 4 rings (SSSR count). The van der Waals surface area contributed by atoms with Gasteiger partial charge >= 0.3 is 0 Å². The topological polar surface area (TPSA) is 37.4 Å². The van der Waals surface area contributed by atoms with Gasteiger partial charge in [-0.1, -0.05) is 59.3 Å². The molecule has 0 amide bonds. The third-order valence-corrected chi connectivity index (χ3v) is 7.16. The Labute approximate surface area is 156 Å². The lowest BCUT2D eigenvalue weighted by Gasteiger charge is -2.32. The number of aryl methyl sites for hydroxylation is 1. The minimum atomic E-state index is -3.79. The summed E-state index contributed by atoms with van der Waals surface area (Å²) in [5.74, 6) is 0. The molecule has 0 spiro atoms. The number of halogens is 1. The molecule has 0 aromatic heterocycles. The summed E-state index contributed by atoms with van der Waals surface area (Å²) in [4.78, 5) is 1.94. The summed E-state index contributed by atoms with van der Waals surface area (Å²) in [5.41, 5.74) is 2.13. The first kappa shape index (κ1) is 16.5. The van der Waals surface area contributed by atoms with Gasteiger partial charge in [0.25, 0.3) is 10.0 Å². The zero-order valence-electron chi connectivity index (χ0n) is 13.3. The highest BCUT2D eigenvalue weighted by molar-refractivity contribution is 8.00. The number of para-hydroxylation sites is 2. The molecule has 0 saturated heterocycles. The molecule has 1 aliphatic rings. The smallest absolute Gasteiger partial charge is 0.231 e. The number of nitrogens with zero attached hydrogens (tertiary/aromatic N) is 1. The molecule has 3 aromatic rings. The van der Waals surface area contributed by atoms with E-state index in [-0.39, 0.29) is 4.90 Å². The molecule has 0 unspecified atom stereocenters. The minimum Gasteiger partial charge on any atom is -0.231 e. The summed E-state index contributed by atoms with van der Waals surface area (Å²) in [6, 6.07) is 19.7. The second kappa shape index (κ2) is 6.09. The summed E-state index contributed by atoms with van der Waals surface area (Å²) in [5, 5.41) is 0.412. The van der Waals surface area contributed by atoms with Crippen molar-refractivity contribution in [3.05, 3.63) is 77.3 Å². The van der Waals surface area contributed by atoms with Gasteiger partial charge in [0.2, 0.25) is 0 Å². The van der Waals surface area contributed by atoms with Gasteiger partial charge in [-0.2, -0.15) is 0 Å². The molecule has 0 saturated carbocycles. The van der Waals surface area contributed by atoms with Crippen LogP contribution in [0.2, 0.25) is 5.02 Å². The summed E-state index contributed by atoms with van der Waals surface area (Å²) >= 11 is 7.93. The fourth-order valence-electron chi connectivity index (χ4n) is 2.79. The van der Waals surface area contributed by atoms with E-state index in [0.29, 0.717) is 16.4 Å². The van der Waals surface area contributed by atoms with Crippen molar-refractivity contribution in [1.82, 2.24) is 0 Å². The van der Waals surface area contributed by atoms with Crippen LogP contribution >= 0.6 is 23.4 Å². The molecule has 0 aliphatic carbocycles. The van der Waals surface area contributed by atoms with Crippen LogP contribution in [0.4, 0.5) is 11.4 Å². The lowest BCUT2D eigenvalue weighted by atomic mass is 10.2. The highest BCUT2D eigenvalue weighted by Gasteiger charge is 2.34. The van der Waals surface area contributed by atoms with Gasteiger partial charge in [0.1, 0.15) is 0 Å². The van der Waals surface area contributed by atoms with Crippen LogP contribution < -0.4 is 4.31 Å². The van der Waals surface area contributed by atoms with E-state index in [0.717, 1.165) is 15.4 Å². The Morgan fingerprint density at radius 3 is 2.32 bits per heavy atom. The van der Waals surface area contributed by atoms with Crippen molar-refractivity contribution < 1.29 is 8.42 Å². The van der Waals surface area contributed by atoms with Gasteiger partial charge in [-0.15, -0.1) is 0 Å². The zero-order valence-corrected chi connectivity index (χ0v) is 15.7. The standard InChI is InChI=1S/C19H14ClNO2S2/c1-13-9-11-14(12-10-13)25(22,23)21-16-6-2-3-7-17(16)24-18-8-4-5-15(20)19(18)21/h2-12H,1H3. The first-order valence-electron chi connectivity index (χ1n) is 7.66. The maximum atomic E-state index is 13.4. The molecule has 0 radical (unpaired) electrons. The third kappa shape index (κ3) is 2.72. The van der Waals surface area contributed by atoms with E-state index in [1.165, 1.54) is 16.1 Å². The molecule has 0 fully saturated rings. The van der Waals surface area contributed by atoms with Gasteiger partial charge in [0.15, 0.2) is 0 Å². The average molecular weight is 388 g/mol. The summed E-state index contributed by atoms with van der Waals surface area (Å²) in [7, 11) is -3.79. The molecule has 0 N–H and O–H groups in total. The van der Waals surface area contributed by atoms with Crippen molar-refractivity contribution in [2.24, 2.45) is 0 Å². The zero-order chi connectivity index (χ0) is 17.6.